The molecule has 0 bridgehead atoms. The number of carbonyl (C=O) groups is 3. The zero-order chi connectivity index (χ0) is 19.1. The Balaban J connectivity index is 1.99. The van der Waals surface area contributed by atoms with Gasteiger partial charge in [-0.3, -0.25) is 14.2 Å². The van der Waals surface area contributed by atoms with Crippen molar-refractivity contribution in [2.75, 3.05) is 6.54 Å². The maximum absolute atomic E-state index is 12.3. The van der Waals surface area contributed by atoms with Crippen molar-refractivity contribution in [2.45, 2.75) is 25.4 Å². The zero-order valence-corrected chi connectivity index (χ0v) is 13.8. The van der Waals surface area contributed by atoms with Crippen molar-refractivity contribution in [1.29, 1.82) is 0 Å². The topological polar surface area (TPSA) is 159 Å². The molecule has 0 fully saturated rings. The molecule has 4 N–H and O–H groups in total. The highest BCUT2D eigenvalue weighted by molar-refractivity contribution is 5.83. The Morgan fingerprint density at radius 2 is 2.00 bits per heavy atom. The van der Waals surface area contributed by atoms with Crippen LogP contribution in [0, 0.1) is 0 Å². The molecule has 138 valence electrons. The van der Waals surface area contributed by atoms with Crippen molar-refractivity contribution in [3.8, 4) is 0 Å². The minimum absolute atomic E-state index is 0.0409. The number of aliphatic carboxylic acids is 1. The molecular weight excluding hydrogens is 342 g/mol. The third kappa shape index (κ3) is 5.03. The summed E-state index contributed by atoms with van der Waals surface area (Å²) in [5.74, 6) is -2.12. The third-order valence-corrected chi connectivity index (χ3v) is 3.63. The van der Waals surface area contributed by atoms with Crippen molar-refractivity contribution in [3.05, 3.63) is 40.9 Å². The summed E-state index contributed by atoms with van der Waals surface area (Å²) in [7, 11) is 0. The fourth-order valence-electron chi connectivity index (χ4n) is 2.38. The van der Waals surface area contributed by atoms with Crippen molar-refractivity contribution >= 4 is 28.8 Å². The number of para-hydroxylation sites is 1. The molecule has 0 saturated heterocycles. The van der Waals surface area contributed by atoms with Crippen LogP contribution < -0.4 is 27.0 Å². The second kappa shape index (κ2) is 8.60. The summed E-state index contributed by atoms with van der Waals surface area (Å²) < 4.78 is 1.10. The number of nitrogens with one attached hydrogen (secondary N) is 2. The van der Waals surface area contributed by atoms with Gasteiger partial charge in [-0.2, -0.15) is 0 Å². The molecule has 0 saturated carbocycles. The van der Waals surface area contributed by atoms with E-state index in [-0.39, 0.29) is 25.9 Å². The van der Waals surface area contributed by atoms with Gasteiger partial charge in [0.25, 0.3) is 5.56 Å². The summed E-state index contributed by atoms with van der Waals surface area (Å²) in [6, 6.07) is 4.72. The fourth-order valence-corrected chi connectivity index (χ4v) is 2.38. The SMILES string of the molecule is NC(=O)NCCC[C@H](NC(=O)Cn1cnc2ccccc2c1=O)C(=O)[O-]. The number of hydrogen-bond donors (Lipinski definition) is 3. The van der Waals surface area contributed by atoms with Gasteiger partial charge in [-0.15, -0.1) is 0 Å². The number of carbonyl (C=O) groups excluding carboxylic acids is 3. The molecule has 0 radical (unpaired) electrons. The van der Waals surface area contributed by atoms with Crippen LogP contribution in [0.2, 0.25) is 0 Å². The van der Waals surface area contributed by atoms with E-state index in [2.05, 4.69) is 15.6 Å². The summed E-state index contributed by atoms with van der Waals surface area (Å²) in [5.41, 5.74) is 5.00. The maximum Gasteiger partial charge on any atom is 0.312 e. The number of carboxylic acids is 1. The Bertz CT molecular complexity index is 879. The van der Waals surface area contributed by atoms with E-state index in [0.717, 1.165) is 4.57 Å². The van der Waals surface area contributed by atoms with E-state index < -0.39 is 29.5 Å². The van der Waals surface area contributed by atoms with Gasteiger partial charge in [-0.1, -0.05) is 12.1 Å². The van der Waals surface area contributed by atoms with Crippen LogP contribution in [0.25, 0.3) is 10.9 Å². The second-order valence-electron chi connectivity index (χ2n) is 5.57. The predicted octanol–water partition coefficient (Wildman–Crippen LogP) is -1.92. The van der Waals surface area contributed by atoms with Crippen molar-refractivity contribution in [3.63, 3.8) is 0 Å². The average Bonchev–Trinajstić information content (AvgIpc) is 2.60. The molecule has 0 aliphatic heterocycles. The van der Waals surface area contributed by atoms with E-state index in [1.54, 1.807) is 24.3 Å². The molecular formula is C16H18N5O5-. The Kier molecular flexibility index (Phi) is 6.25. The number of fused-ring (bicyclic) bond motifs is 1. The molecule has 0 aliphatic carbocycles. The lowest BCUT2D eigenvalue weighted by atomic mass is 10.1. The van der Waals surface area contributed by atoms with Crippen molar-refractivity contribution in [1.82, 2.24) is 20.2 Å². The van der Waals surface area contributed by atoms with Crippen LogP contribution in [-0.4, -0.2) is 40.0 Å². The van der Waals surface area contributed by atoms with E-state index in [4.69, 9.17) is 5.73 Å². The Hall–Kier alpha value is -3.43. The van der Waals surface area contributed by atoms with Crippen LogP contribution in [0.4, 0.5) is 4.79 Å². The van der Waals surface area contributed by atoms with Crippen LogP contribution in [0.1, 0.15) is 12.8 Å². The molecule has 1 aromatic carbocycles. The molecule has 10 nitrogen and oxygen atoms in total. The first-order valence-electron chi connectivity index (χ1n) is 7.86. The molecule has 26 heavy (non-hydrogen) atoms. The highest BCUT2D eigenvalue weighted by Crippen LogP contribution is 2.04. The second-order valence-corrected chi connectivity index (χ2v) is 5.57. The summed E-state index contributed by atoms with van der Waals surface area (Å²) in [6.07, 6.45) is 1.55. The van der Waals surface area contributed by atoms with Crippen LogP contribution in [0.15, 0.2) is 35.4 Å². The van der Waals surface area contributed by atoms with Gasteiger partial charge in [0.15, 0.2) is 0 Å². The first kappa shape index (κ1) is 18.9. The molecule has 1 aromatic heterocycles. The molecule has 10 heteroatoms. The number of amides is 3. The fraction of sp³-hybridized carbons (Fsp3) is 0.312. The predicted molar refractivity (Wildman–Crippen MR) is 89.8 cm³/mol. The van der Waals surface area contributed by atoms with E-state index >= 15 is 0 Å². The number of nitrogens with zero attached hydrogens (tertiary/aromatic N) is 2. The molecule has 1 heterocycles. The van der Waals surface area contributed by atoms with Gasteiger partial charge in [0, 0.05) is 6.54 Å². The zero-order valence-electron chi connectivity index (χ0n) is 13.8. The minimum Gasteiger partial charge on any atom is -0.548 e. The number of nitrogens with two attached hydrogens (primary N) is 1. The lowest BCUT2D eigenvalue weighted by molar-refractivity contribution is -0.308. The van der Waals surface area contributed by atoms with Crippen molar-refractivity contribution in [2.24, 2.45) is 5.73 Å². The van der Waals surface area contributed by atoms with Gasteiger partial charge in [-0.05, 0) is 25.0 Å². The van der Waals surface area contributed by atoms with E-state index in [1.807, 2.05) is 0 Å². The summed E-state index contributed by atoms with van der Waals surface area (Å²) in [4.78, 5) is 50.2. The van der Waals surface area contributed by atoms with Crippen LogP contribution in [0.5, 0.6) is 0 Å². The number of urea groups is 1. The molecule has 0 spiro atoms. The molecule has 2 aromatic rings. The number of benzene rings is 1. The molecule has 2 rings (SSSR count). The molecule has 1 atom stereocenters. The Morgan fingerprint density at radius 3 is 2.69 bits per heavy atom. The number of aromatic nitrogens is 2. The lowest BCUT2D eigenvalue weighted by Crippen LogP contribution is -2.49. The van der Waals surface area contributed by atoms with Gasteiger partial charge >= 0.3 is 6.03 Å². The van der Waals surface area contributed by atoms with Crippen molar-refractivity contribution < 1.29 is 19.5 Å². The number of primary amides is 1. The number of hydrogen-bond acceptors (Lipinski definition) is 6. The van der Waals surface area contributed by atoms with E-state index in [0.29, 0.717) is 10.9 Å². The van der Waals surface area contributed by atoms with E-state index in [1.165, 1.54) is 6.33 Å². The third-order valence-electron chi connectivity index (χ3n) is 3.63. The standard InChI is InChI=1S/C16H19N5O5/c17-16(26)18-7-3-6-12(15(24)25)20-13(22)8-21-9-19-11-5-2-1-4-10(11)14(21)23/h1-2,4-5,9,12H,3,6-8H2,(H,20,22)(H,24,25)(H3,17,18,26)/p-1/t12-/m0/s1. The Morgan fingerprint density at radius 1 is 1.27 bits per heavy atom. The van der Waals surface area contributed by atoms with Crippen LogP contribution in [-0.2, 0) is 16.1 Å². The maximum atomic E-state index is 12.3. The monoisotopic (exact) mass is 360 g/mol. The first-order valence-corrected chi connectivity index (χ1v) is 7.86. The van der Waals surface area contributed by atoms with Gasteiger partial charge < -0.3 is 26.3 Å². The molecule has 0 unspecified atom stereocenters. The number of rotatable bonds is 8. The van der Waals surface area contributed by atoms with E-state index in [9.17, 15) is 24.3 Å². The normalized spacial score (nSPS) is 11.7. The largest absolute Gasteiger partial charge is 0.548 e. The highest BCUT2D eigenvalue weighted by atomic mass is 16.4. The summed E-state index contributed by atoms with van der Waals surface area (Å²) in [6.45, 7) is -0.205. The van der Waals surface area contributed by atoms with Gasteiger partial charge in [0.1, 0.15) is 6.54 Å². The molecule has 0 aliphatic rings. The highest BCUT2D eigenvalue weighted by Gasteiger charge is 2.15. The quantitative estimate of drug-likeness (QED) is 0.465. The lowest BCUT2D eigenvalue weighted by Gasteiger charge is -2.20. The minimum atomic E-state index is -1.46. The van der Waals surface area contributed by atoms with Gasteiger partial charge in [0.2, 0.25) is 5.91 Å². The summed E-state index contributed by atoms with van der Waals surface area (Å²) in [5, 5.41) is 16.1. The average molecular weight is 360 g/mol. The summed E-state index contributed by atoms with van der Waals surface area (Å²) >= 11 is 0. The Labute approximate surface area is 148 Å². The van der Waals surface area contributed by atoms with Crippen LogP contribution >= 0.6 is 0 Å². The number of carboxylic acid groups (broad SMARTS) is 1. The molecule has 3 amide bonds. The van der Waals surface area contributed by atoms with Gasteiger partial charge in [0.05, 0.1) is 29.2 Å². The van der Waals surface area contributed by atoms with Crippen LogP contribution in [0.3, 0.4) is 0 Å². The first-order chi connectivity index (χ1) is 12.4. The smallest absolute Gasteiger partial charge is 0.312 e. The van der Waals surface area contributed by atoms with Gasteiger partial charge in [-0.25, -0.2) is 9.78 Å².